The number of rotatable bonds is 4. The van der Waals surface area contributed by atoms with Gasteiger partial charge in [-0.2, -0.15) is 4.31 Å². The van der Waals surface area contributed by atoms with E-state index < -0.39 is 15.3 Å². The first-order valence-electron chi connectivity index (χ1n) is 5.99. The summed E-state index contributed by atoms with van der Waals surface area (Å²) in [4.78, 5) is 2.40. The summed E-state index contributed by atoms with van der Waals surface area (Å²) in [6.07, 6.45) is 2.57. The smallest absolute Gasteiger partial charge is 0.218 e. The van der Waals surface area contributed by atoms with E-state index in [9.17, 15) is 8.42 Å². The molecule has 0 aromatic heterocycles. The standard InChI is InChI=1S/C10H21N3O2S/c1-9(8-11)16(14,15)13-6-4-12(5-7-13)10-2-3-10/h9-10H,2-8,11H2,1H3. The predicted octanol–water partition coefficient (Wildman–Crippen LogP) is -0.557. The second kappa shape index (κ2) is 4.60. The van der Waals surface area contributed by atoms with Crippen molar-refractivity contribution in [1.82, 2.24) is 9.21 Å². The molecule has 0 radical (unpaired) electrons. The molecule has 1 unspecified atom stereocenters. The maximum atomic E-state index is 12.0. The highest BCUT2D eigenvalue weighted by Crippen LogP contribution is 2.28. The lowest BCUT2D eigenvalue weighted by molar-refractivity contribution is 0.180. The molecule has 2 N–H and O–H groups in total. The van der Waals surface area contributed by atoms with Crippen molar-refractivity contribution in [3.63, 3.8) is 0 Å². The van der Waals surface area contributed by atoms with Gasteiger partial charge in [-0.25, -0.2) is 8.42 Å². The summed E-state index contributed by atoms with van der Waals surface area (Å²) in [6, 6.07) is 0.733. The van der Waals surface area contributed by atoms with E-state index in [0.717, 1.165) is 19.1 Å². The summed E-state index contributed by atoms with van der Waals surface area (Å²) in [7, 11) is -3.16. The summed E-state index contributed by atoms with van der Waals surface area (Å²) in [6.45, 7) is 4.89. The second-order valence-electron chi connectivity index (χ2n) is 4.76. The van der Waals surface area contributed by atoms with Crippen LogP contribution in [0.15, 0.2) is 0 Å². The van der Waals surface area contributed by atoms with E-state index >= 15 is 0 Å². The number of nitrogens with two attached hydrogens (primary N) is 1. The molecule has 0 spiro atoms. The van der Waals surface area contributed by atoms with E-state index in [2.05, 4.69) is 4.90 Å². The normalized spacial score (nSPS) is 26.9. The summed E-state index contributed by atoms with van der Waals surface area (Å²) in [5.41, 5.74) is 5.43. The van der Waals surface area contributed by atoms with Gasteiger partial charge in [0.05, 0.1) is 5.25 Å². The van der Waals surface area contributed by atoms with Gasteiger partial charge < -0.3 is 5.73 Å². The highest BCUT2D eigenvalue weighted by atomic mass is 32.2. The molecule has 1 heterocycles. The van der Waals surface area contributed by atoms with Crippen molar-refractivity contribution in [3.8, 4) is 0 Å². The van der Waals surface area contributed by atoms with Crippen LogP contribution in [0.5, 0.6) is 0 Å². The Kier molecular flexibility index (Phi) is 3.53. The fraction of sp³-hybridized carbons (Fsp3) is 1.00. The number of piperazine rings is 1. The van der Waals surface area contributed by atoms with Crippen molar-refractivity contribution in [2.45, 2.75) is 31.1 Å². The van der Waals surface area contributed by atoms with E-state index in [0.29, 0.717) is 13.1 Å². The minimum absolute atomic E-state index is 0.200. The lowest BCUT2D eigenvalue weighted by atomic mass is 10.3. The molecule has 2 aliphatic rings. The quantitative estimate of drug-likeness (QED) is 0.723. The Morgan fingerprint density at radius 2 is 1.81 bits per heavy atom. The fourth-order valence-electron chi connectivity index (χ4n) is 2.14. The van der Waals surface area contributed by atoms with Crippen LogP contribution >= 0.6 is 0 Å². The van der Waals surface area contributed by atoms with Crippen molar-refractivity contribution < 1.29 is 8.42 Å². The van der Waals surface area contributed by atoms with Crippen LogP contribution < -0.4 is 5.73 Å². The maximum absolute atomic E-state index is 12.0. The van der Waals surface area contributed by atoms with E-state index in [1.54, 1.807) is 11.2 Å². The third kappa shape index (κ3) is 2.40. The molecule has 2 rings (SSSR count). The molecule has 0 aromatic rings. The summed E-state index contributed by atoms with van der Waals surface area (Å²) in [5, 5.41) is -0.458. The first-order valence-corrected chi connectivity index (χ1v) is 7.49. The Labute approximate surface area is 97.6 Å². The van der Waals surface area contributed by atoms with Gasteiger partial charge in [0.2, 0.25) is 10.0 Å². The molecule has 6 heteroatoms. The van der Waals surface area contributed by atoms with Crippen molar-refractivity contribution in [2.75, 3.05) is 32.7 Å². The topological polar surface area (TPSA) is 66.6 Å². The lowest BCUT2D eigenvalue weighted by Gasteiger charge is -2.35. The maximum Gasteiger partial charge on any atom is 0.218 e. The zero-order valence-corrected chi connectivity index (χ0v) is 10.6. The molecule has 1 saturated carbocycles. The molecule has 0 bridgehead atoms. The Morgan fingerprint density at radius 1 is 1.25 bits per heavy atom. The number of hydrogen-bond acceptors (Lipinski definition) is 4. The van der Waals surface area contributed by atoms with Crippen LogP contribution in [0.25, 0.3) is 0 Å². The molecule has 0 aromatic carbocycles. The van der Waals surface area contributed by atoms with Crippen LogP contribution in [0.3, 0.4) is 0 Å². The Hall–Kier alpha value is -0.170. The van der Waals surface area contributed by atoms with Crippen LogP contribution in [0.2, 0.25) is 0 Å². The number of nitrogens with zero attached hydrogens (tertiary/aromatic N) is 2. The summed E-state index contributed by atoms with van der Waals surface area (Å²) in [5.74, 6) is 0. The molecule has 2 fully saturated rings. The minimum atomic E-state index is -3.16. The third-order valence-corrected chi connectivity index (χ3v) is 5.83. The van der Waals surface area contributed by atoms with Gasteiger partial charge in [-0.05, 0) is 19.8 Å². The average Bonchev–Trinajstić information content (AvgIpc) is 3.12. The second-order valence-corrected chi connectivity index (χ2v) is 7.11. The van der Waals surface area contributed by atoms with Gasteiger partial charge in [0.15, 0.2) is 0 Å². The van der Waals surface area contributed by atoms with Crippen molar-refractivity contribution in [3.05, 3.63) is 0 Å². The molecule has 1 saturated heterocycles. The highest BCUT2D eigenvalue weighted by Gasteiger charge is 2.35. The third-order valence-electron chi connectivity index (χ3n) is 3.54. The molecule has 0 amide bonds. The predicted molar refractivity (Wildman–Crippen MR) is 63.6 cm³/mol. The van der Waals surface area contributed by atoms with E-state index in [-0.39, 0.29) is 6.54 Å². The summed E-state index contributed by atoms with van der Waals surface area (Å²) < 4.78 is 25.7. The van der Waals surface area contributed by atoms with Crippen LogP contribution in [0.1, 0.15) is 19.8 Å². The first kappa shape index (κ1) is 12.3. The largest absolute Gasteiger partial charge is 0.329 e. The summed E-state index contributed by atoms with van der Waals surface area (Å²) >= 11 is 0. The average molecular weight is 247 g/mol. The molecule has 94 valence electrons. The van der Waals surface area contributed by atoms with Gasteiger partial charge in [-0.1, -0.05) is 0 Å². The number of hydrogen-bond donors (Lipinski definition) is 1. The van der Waals surface area contributed by atoms with Gasteiger partial charge in [0.25, 0.3) is 0 Å². The van der Waals surface area contributed by atoms with Crippen LogP contribution in [-0.4, -0.2) is 61.6 Å². The molecule has 1 aliphatic heterocycles. The van der Waals surface area contributed by atoms with Gasteiger partial charge in [-0.3, -0.25) is 4.90 Å². The zero-order chi connectivity index (χ0) is 11.8. The van der Waals surface area contributed by atoms with Gasteiger partial charge in [-0.15, -0.1) is 0 Å². The molecule has 1 aliphatic carbocycles. The molecular weight excluding hydrogens is 226 g/mol. The van der Waals surface area contributed by atoms with Crippen molar-refractivity contribution in [1.29, 1.82) is 0 Å². The van der Waals surface area contributed by atoms with Gasteiger partial charge in [0, 0.05) is 38.8 Å². The Morgan fingerprint density at radius 3 is 2.25 bits per heavy atom. The first-order chi connectivity index (χ1) is 7.55. The zero-order valence-electron chi connectivity index (χ0n) is 9.80. The number of sulfonamides is 1. The van der Waals surface area contributed by atoms with E-state index in [4.69, 9.17) is 5.73 Å². The van der Waals surface area contributed by atoms with Crippen molar-refractivity contribution in [2.24, 2.45) is 5.73 Å². The van der Waals surface area contributed by atoms with E-state index in [1.165, 1.54) is 12.8 Å². The van der Waals surface area contributed by atoms with E-state index in [1.807, 2.05) is 0 Å². The van der Waals surface area contributed by atoms with Crippen LogP contribution in [-0.2, 0) is 10.0 Å². The fourth-order valence-corrected chi connectivity index (χ4v) is 3.56. The van der Waals surface area contributed by atoms with Gasteiger partial charge >= 0.3 is 0 Å². The molecule has 1 atom stereocenters. The Bertz CT molecular complexity index is 332. The molecular formula is C10H21N3O2S. The molecule has 5 nitrogen and oxygen atoms in total. The van der Waals surface area contributed by atoms with Crippen molar-refractivity contribution >= 4 is 10.0 Å². The van der Waals surface area contributed by atoms with Crippen LogP contribution in [0, 0.1) is 0 Å². The minimum Gasteiger partial charge on any atom is -0.329 e. The Balaban J connectivity index is 1.92. The SMILES string of the molecule is CC(CN)S(=O)(=O)N1CCN(C2CC2)CC1. The molecule has 16 heavy (non-hydrogen) atoms. The monoisotopic (exact) mass is 247 g/mol. The van der Waals surface area contributed by atoms with Crippen LogP contribution in [0.4, 0.5) is 0 Å². The highest BCUT2D eigenvalue weighted by molar-refractivity contribution is 7.89. The van der Waals surface area contributed by atoms with Gasteiger partial charge in [0.1, 0.15) is 0 Å². The lowest BCUT2D eigenvalue weighted by Crippen LogP contribution is -2.52.